The van der Waals surface area contributed by atoms with Crippen molar-refractivity contribution >= 4 is 11.7 Å². The zero-order valence-electron chi connectivity index (χ0n) is 15.9. The second kappa shape index (κ2) is 7.28. The molecule has 1 fully saturated rings. The van der Waals surface area contributed by atoms with Crippen molar-refractivity contribution < 1.29 is 14.3 Å². The lowest BCUT2D eigenvalue weighted by atomic mass is 9.98. The van der Waals surface area contributed by atoms with Crippen LogP contribution in [0.2, 0.25) is 0 Å². The van der Waals surface area contributed by atoms with Gasteiger partial charge < -0.3 is 9.64 Å². The van der Waals surface area contributed by atoms with Gasteiger partial charge >= 0.3 is 0 Å². The maximum atomic E-state index is 13.4. The van der Waals surface area contributed by atoms with Crippen molar-refractivity contribution in [3.8, 4) is 0 Å². The van der Waals surface area contributed by atoms with Crippen LogP contribution in [-0.2, 0) is 11.2 Å². The molecule has 2 aromatic rings. The fraction of sp³-hybridized carbons (Fsp3) is 0.391. The second-order valence-corrected chi connectivity index (χ2v) is 7.78. The van der Waals surface area contributed by atoms with Gasteiger partial charge in [-0.2, -0.15) is 0 Å². The van der Waals surface area contributed by atoms with E-state index in [0.717, 1.165) is 11.1 Å². The van der Waals surface area contributed by atoms with E-state index >= 15 is 0 Å². The van der Waals surface area contributed by atoms with Crippen LogP contribution in [0.3, 0.4) is 0 Å². The van der Waals surface area contributed by atoms with Crippen molar-refractivity contribution in [1.29, 1.82) is 0 Å². The van der Waals surface area contributed by atoms with Gasteiger partial charge in [-0.1, -0.05) is 56.3 Å². The molecule has 2 atom stereocenters. The van der Waals surface area contributed by atoms with Gasteiger partial charge in [0.25, 0.3) is 5.91 Å². The van der Waals surface area contributed by atoms with Crippen LogP contribution in [0.1, 0.15) is 58.2 Å². The van der Waals surface area contributed by atoms with Crippen LogP contribution in [0.5, 0.6) is 0 Å². The Hall–Kier alpha value is -2.46. The van der Waals surface area contributed by atoms with Crippen LogP contribution in [0.25, 0.3) is 0 Å². The SMILES string of the molecule is CC(C)[C@H]1CN(C(=O)c2cccc3c2CCC3=O)C[C@@H](c2ccccc2)O1. The Morgan fingerprint density at radius 3 is 2.56 bits per heavy atom. The first-order valence-electron chi connectivity index (χ1n) is 9.69. The number of amides is 1. The number of carbonyl (C=O) groups is 2. The largest absolute Gasteiger partial charge is 0.366 e. The van der Waals surface area contributed by atoms with Crippen LogP contribution >= 0.6 is 0 Å². The quantitative estimate of drug-likeness (QED) is 0.826. The van der Waals surface area contributed by atoms with Crippen LogP contribution < -0.4 is 0 Å². The number of nitrogens with zero attached hydrogens (tertiary/aromatic N) is 1. The lowest BCUT2D eigenvalue weighted by molar-refractivity contribution is -0.0954. The van der Waals surface area contributed by atoms with Crippen LogP contribution in [0.4, 0.5) is 0 Å². The van der Waals surface area contributed by atoms with Crippen molar-refractivity contribution in [2.24, 2.45) is 5.92 Å². The number of hydrogen-bond donors (Lipinski definition) is 0. The molecule has 0 N–H and O–H groups in total. The molecule has 0 aromatic heterocycles. The average Bonchev–Trinajstić information content (AvgIpc) is 3.09. The Bertz CT molecular complexity index is 859. The molecule has 1 aliphatic carbocycles. The Morgan fingerprint density at radius 2 is 1.81 bits per heavy atom. The zero-order valence-corrected chi connectivity index (χ0v) is 15.9. The third-order valence-corrected chi connectivity index (χ3v) is 5.64. The van der Waals surface area contributed by atoms with Crippen molar-refractivity contribution in [3.63, 3.8) is 0 Å². The molecule has 0 saturated carbocycles. The van der Waals surface area contributed by atoms with Crippen molar-refractivity contribution in [3.05, 3.63) is 70.8 Å². The first kappa shape index (κ1) is 17.9. The summed E-state index contributed by atoms with van der Waals surface area (Å²) in [7, 11) is 0. The molecule has 0 bridgehead atoms. The molecule has 1 heterocycles. The normalized spacial score (nSPS) is 22.2. The minimum absolute atomic E-state index is 0.00806. The summed E-state index contributed by atoms with van der Waals surface area (Å²) in [5.74, 6) is 0.468. The summed E-state index contributed by atoms with van der Waals surface area (Å²) >= 11 is 0. The molecular formula is C23H25NO3. The van der Waals surface area contributed by atoms with E-state index in [4.69, 9.17) is 4.74 Å². The number of Topliss-reactive ketones (excluding diaryl/α,β-unsaturated/α-hetero) is 1. The monoisotopic (exact) mass is 363 g/mol. The van der Waals surface area contributed by atoms with E-state index in [1.165, 1.54) is 0 Å². The topological polar surface area (TPSA) is 46.6 Å². The van der Waals surface area contributed by atoms with Gasteiger partial charge in [0.1, 0.15) is 6.10 Å². The van der Waals surface area contributed by atoms with Crippen LogP contribution in [0.15, 0.2) is 48.5 Å². The molecule has 4 rings (SSSR count). The van der Waals surface area contributed by atoms with Gasteiger partial charge in [-0.15, -0.1) is 0 Å². The van der Waals surface area contributed by atoms with Gasteiger partial charge in [0.15, 0.2) is 5.78 Å². The molecule has 0 spiro atoms. The maximum Gasteiger partial charge on any atom is 0.254 e. The Kier molecular flexibility index (Phi) is 4.83. The summed E-state index contributed by atoms with van der Waals surface area (Å²) in [6.07, 6.45) is 1.03. The van der Waals surface area contributed by atoms with E-state index in [2.05, 4.69) is 26.0 Å². The molecule has 1 saturated heterocycles. The van der Waals surface area contributed by atoms with Crippen molar-refractivity contribution in [2.75, 3.05) is 13.1 Å². The standard InChI is InChI=1S/C23H25NO3/c1-15(2)21-13-24(14-22(27-21)16-7-4-3-5-8-16)23(26)19-10-6-9-18-17(19)11-12-20(18)25/h3-10,15,21-22H,11-14H2,1-2H3/t21-,22+/m1/s1. The number of ether oxygens (including phenoxy) is 1. The summed E-state index contributed by atoms with van der Waals surface area (Å²) in [5, 5.41) is 0. The number of benzene rings is 2. The average molecular weight is 363 g/mol. The molecule has 4 nitrogen and oxygen atoms in total. The van der Waals surface area contributed by atoms with Crippen LogP contribution in [0, 0.1) is 5.92 Å². The maximum absolute atomic E-state index is 13.4. The summed E-state index contributed by atoms with van der Waals surface area (Å²) in [6, 6.07) is 15.6. The molecule has 4 heteroatoms. The number of fused-ring (bicyclic) bond motifs is 1. The fourth-order valence-corrected chi connectivity index (χ4v) is 4.04. The van der Waals surface area contributed by atoms with E-state index < -0.39 is 0 Å². The number of hydrogen-bond acceptors (Lipinski definition) is 3. The van der Waals surface area contributed by atoms with Gasteiger partial charge in [-0.25, -0.2) is 0 Å². The molecule has 140 valence electrons. The highest BCUT2D eigenvalue weighted by Gasteiger charge is 2.35. The number of rotatable bonds is 3. The second-order valence-electron chi connectivity index (χ2n) is 7.78. The molecule has 1 amide bonds. The minimum atomic E-state index is -0.130. The van der Waals surface area contributed by atoms with E-state index in [1.54, 1.807) is 0 Å². The lowest BCUT2D eigenvalue weighted by Crippen LogP contribution is -2.48. The lowest BCUT2D eigenvalue weighted by Gasteiger charge is -2.40. The molecular weight excluding hydrogens is 338 g/mol. The smallest absolute Gasteiger partial charge is 0.254 e. The van der Waals surface area contributed by atoms with E-state index in [0.29, 0.717) is 43.0 Å². The Balaban J connectivity index is 1.64. The molecule has 2 aromatic carbocycles. The number of carbonyl (C=O) groups excluding carboxylic acids is 2. The predicted molar refractivity (Wildman–Crippen MR) is 104 cm³/mol. The van der Waals surface area contributed by atoms with Crippen molar-refractivity contribution in [1.82, 2.24) is 4.90 Å². The first-order valence-corrected chi connectivity index (χ1v) is 9.69. The highest BCUT2D eigenvalue weighted by molar-refractivity contribution is 6.05. The summed E-state index contributed by atoms with van der Waals surface area (Å²) in [6.45, 7) is 5.36. The Labute approximate surface area is 160 Å². The molecule has 0 unspecified atom stereocenters. The van der Waals surface area contributed by atoms with E-state index in [9.17, 15) is 9.59 Å². The molecule has 27 heavy (non-hydrogen) atoms. The summed E-state index contributed by atoms with van der Waals surface area (Å²) < 4.78 is 6.31. The number of morpholine rings is 1. The number of ketones is 1. The summed E-state index contributed by atoms with van der Waals surface area (Å²) in [4.78, 5) is 27.3. The van der Waals surface area contributed by atoms with Gasteiger partial charge in [0.2, 0.25) is 0 Å². The molecule has 0 radical (unpaired) electrons. The third kappa shape index (κ3) is 3.42. The fourth-order valence-electron chi connectivity index (χ4n) is 4.04. The Morgan fingerprint density at radius 1 is 1.04 bits per heavy atom. The molecule has 2 aliphatic rings. The predicted octanol–water partition coefficient (Wildman–Crippen LogP) is 4.05. The van der Waals surface area contributed by atoms with Gasteiger partial charge in [-0.3, -0.25) is 9.59 Å². The minimum Gasteiger partial charge on any atom is -0.366 e. The van der Waals surface area contributed by atoms with Crippen molar-refractivity contribution in [2.45, 2.75) is 38.9 Å². The zero-order chi connectivity index (χ0) is 19.0. The first-order chi connectivity index (χ1) is 13.0. The van der Waals surface area contributed by atoms with E-state index in [-0.39, 0.29) is 23.9 Å². The van der Waals surface area contributed by atoms with Gasteiger partial charge in [0, 0.05) is 24.1 Å². The third-order valence-electron chi connectivity index (χ3n) is 5.64. The summed E-state index contributed by atoms with van der Waals surface area (Å²) in [5.41, 5.74) is 3.40. The highest BCUT2D eigenvalue weighted by Crippen LogP contribution is 2.31. The van der Waals surface area contributed by atoms with Gasteiger partial charge in [0.05, 0.1) is 12.6 Å². The van der Waals surface area contributed by atoms with Crippen LogP contribution in [-0.4, -0.2) is 35.8 Å². The highest BCUT2D eigenvalue weighted by atomic mass is 16.5. The van der Waals surface area contributed by atoms with Gasteiger partial charge in [-0.05, 0) is 29.5 Å². The molecule has 1 aliphatic heterocycles. The van der Waals surface area contributed by atoms with E-state index in [1.807, 2.05) is 41.3 Å².